The summed E-state index contributed by atoms with van der Waals surface area (Å²) in [6.45, 7) is 2.08. The highest BCUT2D eigenvalue weighted by Crippen LogP contribution is 2.27. The zero-order chi connectivity index (χ0) is 12.3. The van der Waals surface area contributed by atoms with Crippen molar-refractivity contribution in [2.75, 3.05) is 5.75 Å². The molecular weight excluding hydrogens is 253 g/mol. The van der Waals surface area contributed by atoms with Gasteiger partial charge in [0.15, 0.2) is 0 Å². The molecule has 0 spiro atoms. The van der Waals surface area contributed by atoms with Crippen LogP contribution in [-0.2, 0) is 0 Å². The molecule has 1 aromatic heterocycles. The van der Waals surface area contributed by atoms with Gasteiger partial charge in [-0.1, -0.05) is 6.07 Å². The first-order valence-corrected chi connectivity index (χ1v) is 7.21. The summed E-state index contributed by atoms with van der Waals surface area (Å²) in [7, 11) is 0. The quantitative estimate of drug-likeness (QED) is 0.848. The van der Waals surface area contributed by atoms with Crippen LogP contribution in [0.2, 0.25) is 0 Å². The molecule has 0 amide bonds. The van der Waals surface area contributed by atoms with E-state index in [-0.39, 0.29) is 11.9 Å². The number of nitrogens with two attached hydrogens (primary N) is 1. The maximum atomic E-state index is 13.0. The highest BCUT2D eigenvalue weighted by atomic mass is 32.2. The molecule has 1 heterocycles. The lowest BCUT2D eigenvalue weighted by atomic mass is 10.1. The van der Waals surface area contributed by atoms with E-state index in [4.69, 9.17) is 5.73 Å². The Morgan fingerprint density at radius 1 is 1.41 bits per heavy atom. The zero-order valence-electron chi connectivity index (χ0n) is 9.52. The Balaban J connectivity index is 1.97. The fourth-order valence-electron chi connectivity index (χ4n) is 1.61. The Labute approximate surface area is 109 Å². The molecule has 0 saturated heterocycles. The Morgan fingerprint density at radius 2 is 2.24 bits per heavy atom. The summed E-state index contributed by atoms with van der Waals surface area (Å²) < 4.78 is 13.0. The van der Waals surface area contributed by atoms with Crippen LogP contribution in [0.4, 0.5) is 4.39 Å². The number of benzene rings is 1. The number of hydrogen-bond donors (Lipinski definition) is 1. The lowest BCUT2D eigenvalue weighted by Gasteiger charge is -2.11. The number of halogens is 1. The van der Waals surface area contributed by atoms with E-state index >= 15 is 0 Å². The summed E-state index contributed by atoms with van der Waals surface area (Å²) in [5.41, 5.74) is 7.31. The van der Waals surface area contributed by atoms with E-state index in [1.807, 2.05) is 6.07 Å². The molecule has 0 aliphatic heterocycles. The van der Waals surface area contributed by atoms with E-state index in [9.17, 15) is 4.39 Å². The highest BCUT2D eigenvalue weighted by Gasteiger charge is 2.10. The van der Waals surface area contributed by atoms with Gasteiger partial charge in [-0.2, -0.15) is 0 Å². The first-order chi connectivity index (χ1) is 8.16. The van der Waals surface area contributed by atoms with Crippen molar-refractivity contribution in [1.29, 1.82) is 0 Å². The summed E-state index contributed by atoms with van der Waals surface area (Å²) >= 11 is 3.30. The van der Waals surface area contributed by atoms with Crippen LogP contribution in [0.1, 0.15) is 16.5 Å². The van der Waals surface area contributed by atoms with Gasteiger partial charge in [0.1, 0.15) is 5.82 Å². The largest absolute Gasteiger partial charge is 0.323 e. The average molecular weight is 267 g/mol. The van der Waals surface area contributed by atoms with Crippen LogP contribution in [0.5, 0.6) is 0 Å². The fraction of sp³-hybridized carbons (Fsp3) is 0.231. The number of aryl methyl sites for hydroxylation is 1. The van der Waals surface area contributed by atoms with Crippen LogP contribution < -0.4 is 5.73 Å². The monoisotopic (exact) mass is 267 g/mol. The average Bonchev–Trinajstić information content (AvgIpc) is 2.72. The molecule has 2 aromatic rings. The van der Waals surface area contributed by atoms with Crippen LogP contribution in [0.15, 0.2) is 40.6 Å². The number of thiophene rings is 1. The van der Waals surface area contributed by atoms with Crippen LogP contribution in [0.3, 0.4) is 0 Å². The third-order valence-corrected chi connectivity index (χ3v) is 4.50. The number of rotatable bonds is 4. The van der Waals surface area contributed by atoms with Crippen molar-refractivity contribution < 1.29 is 4.39 Å². The van der Waals surface area contributed by atoms with E-state index in [0.29, 0.717) is 0 Å². The Hall–Kier alpha value is -0.840. The SMILES string of the molecule is Cc1sccc1C(N)CSc1cccc(F)c1. The third kappa shape index (κ3) is 3.31. The maximum Gasteiger partial charge on any atom is 0.124 e. The Morgan fingerprint density at radius 3 is 2.88 bits per heavy atom. The molecule has 1 nitrogen and oxygen atoms in total. The number of hydrogen-bond acceptors (Lipinski definition) is 3. The van der Waals surface area contributed by atoms with E-state index < -0.39 is 0 Å². The topological polar surface area (TPSA) is 26.0 Å². The van der Waals surface area contributed by atoms with Gasteiger partial charge in [-0.25, -0.2) is 4.39 Å². The van der Waals surface area contributed by atoms with Gasteiger partial charge in [0.05, 0.1) is 0 Å². The van der Waals surface area contributed by atoms with E-state index in [1.54, 1.807) is 29.2 Å². The fourth-order valence-corrected chi connectivity index (χ4v) is 3.31. The molecule has 0 radical (unpaired) electrons. The number of thioether (sulfide) groups is 1. The van der Waals surface area contributed by atoms with E-state index in [2.05, 4.69) is 18.4 Å². The summed E-state index contributed by atoms with van der Waals surface area (Å²) in [5, 5.41) is 2.05. The maximum absolute atomic E-state index is 13.0. The minimum atomic E-state index is -0.199. The molecule has 2 rings (SSSR count). The summed E-state index contributed by atoms with van der Waals surface area (Å²) in [4.78, 5) is 2.19. The van der Waals surface area contributed by atoms with Gasteiger partial charge in [0.25, 0.3) is 0 Å². The molecule has 17 heavy (non-hydrogen) atoms. The van der Waals surface area contributed by atoms with Crippen molar-refractivity contribution in [2.45, 2.75) is 17.9 Å². The van der Waals surface area contributed by atoms with Crippen LogP contribution in [0, 0.1) is 12.7 Å². The van der Waals surface area contributed by atoms with Crippen LogP contribution in [-0.4, -0.2) is 5.75 Å². The van der Waals surface area contributed by atoms with Gasteiger partial charge in [0, 0.05) is 21.6 Å². The smallest absolute Gasteiger partial charge is 0.124 e. The van der Waals surface area contributed by atoms with Crippen molar-refractivity contribution in [3.05, 3.63) is 52.0 Å². The molecular formula is C13H14FNS2. The van der Waals surface area contributed by atoms with Gasteiger partial charge in [-0.05, 0) is 42.1 Å². The lowest BCUT2D eigenvalue weighted by molar-refractivity contribution is 0.624. The molecule has 2 N–H and O–H groups in total. The zero-order valence-corrected chi connectivity index (χ0v) is 11.2. The molecule has 0 fully saturated rings. The van der Waals surface area contributed by atoms with Gasteiger partial charge in [-0.15, -0.1) is 23.1 Å². The van der Waals surface area contributed by atoms with Gasteiger partial charge < -0.3 is 5.73 Å². The van der Waals surface area contributed by atoms with Crippen molar-refractivity contribution in [2.24, 2.45) is 5.73 Å². The second-order valence-corrected chi connectivity index (χ2v) is 6.02. The van der Waals surface area contributed by atoms with Gasteiger partial charge in [0.2, 0.25) is 0 Å². The molecule has 1 aromatic carbocycles. The second-order valence-electron chi connectivity index (χ2n) is 3.81. The summed E-state index contributed by atoms with van der Waals surface area (Å²) in [5.74, 6) is 0.566. The molecule has 0 aliphatic carbocycles. The van der Waals surface area contributed by atoms with Crippen molar-refractivity contribution in [3.63, 3.8) is 0 Å². The van der Waals surface area contributed by atoms with Gasteiger partial charge >= 0.3 is 0 Å². The highest BCUT2D eigenvalue weighted by molar-refractivity contribution is 7.99. The third-order valence-electron chi connectivity index (χ3n) is 2.52. The van der Waals surface area contributed by atoms with E-state index in [1.165, 1.54) is 22.6 Å². The van der Waals surface area contributed by atoms with Crippen LogP contribution >= 0.6 is 23.1 Å². The normalized spacial score (nSPS) is 12.6. The summed E-state index contributed by atoms with van der Waals surface area (Å²) in [6.07, 6.45) is 0. The second kappa shape index (κ2) is 5.67. The molecule has 90 valence electrons. The first kappa shape index (κ1) is 12.6. The van der Waals surface area contributed by atoms with Crippen LogP contribution in [0.25, 0.3) is 0 Å². The first-order valence-electron chi connectivity index (χ1n) is 5.35. The minimum Gasteiger partial charge on any atom is -0.323 e. The summed E-state index contributed by atoms with van der Waals surface area (Å²) in [6, 6.07) is 8.69. The lowest BCUT2D eigenvalue weighted by Crippen LogP contribution is -2.12. The molecule has 4 heteroatoms. The Bertz CT molecular complexity index is 496. The van der Waals surface area contributed by atoms with E-state index in [0.717, 1.165) is 10.6 Å². The molecule has 0 aliphatic rings. The van der Waals surface area contributed by atoms with Crippen molar-refractivity contribution >= 4 is 23.1 Å². The standard InChI is InChI=1S/C13H14FNS2/c1-9-12(5-6-16-9)13(15)8-17-11-4-2-3-10(14)7-11/h2-7,13H,8,15H2,1H3. The molecule has 0 bridgehead atoms. The molecule has 1 unspecified atom stereocenters. The van der Waals surface area contributed by atoms with Crippen molar-refractivity contribution in [3.8, 4) is 0 Å². The molecule has 1 atom stereocenters. The van der Waals surface area contributed by atoms with Crippen molar-refractivity contribution in [1.82, 2.24) is 0 Å². The Kier molecular flexibility index (Phi) is 4.20. The molecule has 0 saturated carbocycles. The van der Waals surface area contributed by atoms with Gasteiger partial charge in [-0.3, -0.25) is 0 Å². The predicted molar refractivity (Wildman–Crippen MR) is 73.1 cm³/mol. The minimum absolute atomic E-state index is 0.00881. The predicted octanol–water partition coefficient (Wildman–Crippen LogP) is 3.99.